The van der Waals surface area contributed by atoms with Crippen molar-refractivity contribution >= 4 is 49.1 Å². The van der Waals surface area contributed by atoms with E-state index in [1.165, 1.54) is 21.2 Å². The molecular formula is C18H23N3O4S3. The Balaban J connectivity index is 1.53. The van der Waals surface area contributed by atoms with E-state index in [1.807, 2.05) is 6.92 Å². The third kappa shape index (κ3) is 3.50. The summed E-state index contributed by atoms with van der Waals surface area (Å²) < 4.78 is 25.0. The van der Waals surface area contributed by atoms with Crippen LogP contribution in [-0.2, 0) is 34.5 Å². The Bertz CT molecular complexity index is 1100. The highest BCUT2D eigenvalue weighted by Gasteiger charge is 2.34. The zero-order valence-corrected chi connectivity index (χ0v) is 18.4. The van der Waals surface area contributed by atoms with Crippen LogP contribution in [0.5, 0.6) is 0 Å². The Hall–Kier alpha value is -1.39. The van der Waals surface area contributed by atoms with E-state index in [2.05, 4.69) is 4.98 Å². The minimum Gasteiger partial charge on any atom is -0.338 e. The van der Waals surface area contributed by atoms with Crippen molar-refractivity contribution in [1.82, 2.24) is 14.5 Å². The van der Waals surface area contributed by atoms with Gasteiger partial charge in [0.25, 0.3) is 5.56 Å². The number of hydrogen-bond donors (Lipinski definition) is 0. The van der Waals surface area contributed by atoms with Gasteiger partial charge in [-0.2, -0.15) is 0 Å². The van der Waals surface area contributed by atoms with Gasteiger partial charge < -0.3 is 4.90 Å². The van der Waals surface area contributed by atoms with Crippen LogP contribution in [0.3, 0.4) is 0 Å². The van der Waals surface area contributed by atoms with Crippen LogP contribution in [0, 0.1) is 0 Å². The van der Waals surface area contributed by atoms with E-state index in [1.54, 1.807) is 23.3 Å². The van der Waals surface area contributed by atoms with E-state index in [0.717, 1.165) is 35.0 Å². The number of fused-ring (bicyclic) bond motifs is 3. The molecule has 0 N–H and O–H groups in total. The fourth-order valence-electron chi connectivity index (χ4n) is 4.10. The molecule has 4 rings (SSSR count). The second-order valence-electron chi connectivity index (χ2n) is 7.32. The predicted octanol–water partition coefficient (Wildman–Crippen LogP) is 1.61. The number of carbonyl (C=O) groups is 1. The molecule has 1 unspecified atom stereocenters. The number of aromatic nitrogens is 2. The Labute approximate surface area is 172 Å². The molecule has 1 atom stereocenters. The summed E-state index contributed by atoms with van der Waals surface area (Å²) in [7, 11) is -1.35. The Kier molecular flexibility index (Phi) is 5.30. The molecule has 0 spiro atoms. The first-order chi connectivity index (χ1) is 13.3. The number of amides is 1. The van der Waals surface area contributed by atoms with E-state index in [4.69, 9.17) is 0 Å². The first-order valence-corrected chi connectivity index (χ1v) is 13.1. The summed E-state index contributed by atoms with van der Waals surface area (Å²) in [4.78, 5) is 33.9. The highest BCUT2D eigenvalue weighted by atomic mass is 32.2. The van der Waals surface area contributed by atoms with Crippen molar-refractivity contribution in [3.8, 4) is 0 Å². The number of aryl methyl sites for hydroxylation is 2. The van der Waals surface area contributed by atoms with Crippen molar-refractivity contribution in [2.24, 2.45) is 7.05 Å². The van der Waals surface area contributed by atoms with Gasteiger partial charge in [-0.05, 0) is 38.2 Å². The summed E-state index contributed by atoms with van der Waals surface area (Å²) in [5, 5.41) is 1.27. The van der Waals surface area contributed by atoms with Gasteiger partial charge in [0.2, 0.25) is 5.91 Å². The zero-order chi connectivity index (χ0) is 20.1. The topological polar surface area (TPSA) is 89.3 Å². The van der Waals surface area contributed by atoms with Gasteiger partial charge in [0.1, 0.15) is 4.83 Å². The molecule has 10 heteroatoms. The number of thiophene rings is 1. The van der Waals surface area contributed by atoms with Gasteiger partial charge in [0.05, 0.1) is 22.6 Å². The maximum Gasteiger partial charge on any atom is 0.262 e. The molecule has 2 aromatic heterocycles. The molecule has 2 aromatic rings. The average Bonchev–Trinajstić information content (AvgIpc) is 3.31. The molecule has 1 aliphatic heterocycles. The second kappa shape index (κ2) is 7.46. The lowest BCUT2D eigenvalue weighted by Crippen LogP contribution is -2.42. The fourth-order valence-corrected chi connectivity index (χ4v) is 7.99. The third-order valence-corrected chi connectivity index (χ3v) is 9.49. The van der Waals surface area contributed by atoms with E-state index in [-0.39, 0.29) is 34.8 Å². The van der Waals surface area contributed by atoms with E-state index in [0.29, 0.717) is 18.1 Å². The highest BCUT2D eigenvalue weighted by Crippen LogP contribution is 2.35. The van der Waals surface area contributed by atoms with Crippen LogP contribution >= 0.6 is 23.1 Å². The average molecular weight is 442 g/mol. The summed E-state index contributed by atoms with van der Waals surface area (Å²) in [5.41, 5.74) is 1.11. The van der Waals surface area contributed by atoms with E-state index >= 15 is 0 Å². The molecule has 152 valence electrons. The molecular weight excluding hydrogens is 418 g/mol. The molecule has 1 amide bonds. The molecule has 1 aliphatic carbocycles. The number of rotatable bonds is 5. The Morgan fingerprint density at radius 1 is 1.39 bits per heavy atom. The van der Waals surface area contributed by atoms with Crippen molar-refractivity contribution in [3.05, 3.63) is 20.8 Å². The van der Waals surface area contributed by atoms with Crippen LogP contribution in [-0.4, -0.2) is 58.6 Å². The minimum absolute atomic E-state index is 0.0424. The molecule has 3 heterocycles. The van der Waals surface area contributed by atoms with E-state index in [9.17, 15) is 18.0 Å². The number of sulfone groups is 1. The number of thioether (sulfide) groups is 1. The summed E-state index contributed by atoms with van der Waals surface area (Å²) in [6, 6.07) is -0.248. The SMILES string of the molecule is CCN(C(=O)CSc1nc2sc3c(c2c(=O)n1C)CCC3)C1CCS(=O)(=O)C1. The van der Waals surface area contributed by atoms with Crippen molar-refractivity contribution in [2.45, 2.75) is 43.8 Å². The third-order valence-electron chi connectivity index (χ3n) is 5.54. The standard InChI is InChI=1S/C18H23N3O4S3/c1-3-21(11-7-8-28(24,25)10-11)14(22)9-26-18-19-16-15(17(23)20(18)2)12-5-4-6-13(12)27-16/h11H,3-10H2,1-2H3. The largest absolute Gasteiger partial charge is 0.338 e. The molecule has 0 bridgehead atoms. The monoisotopic (exact) mass is 441 g/mol. The van der Waals surface area contributed by atoms with Gasteiger partial charge in [0, 0.05) is 24.5 Å². The van der Waals surface area contributed by atoms with Crippen LogP contribution in [0.4, 0.5) is 0 Å². The smallest absolute Gasteiger partial charge is 0.262 e. The summed E-state index contributed by atoms with van der Waals surface area (Å²) in [6.45, 7) is 2.34. The number of hydrogen-bond acceptors (Lipinski definition) is 7. The second-order valence-corrected chi connectivity index (χ2v) is 11.6. The van der Waals surface area contributed by atoms with Crippen LogP contribution in [0.25, 0.3) is 10.2 Å². The quantitative estimate of drug-likeness (QED) is 0.517. The lowest BCUT2D eigenvalue weighted by molar-refractivity contribution is -0.129. The van der Waals surface area contributed by atoms with Crippen LogP contribution in [0.15, 0.2) is 9.95 Å². The van der Waals surface area contributed by atoms with Crippen LogP contribution < -0.4 is 5.56 Å². The van der Waals surface area contributed by atoms with Crippen molar-refractivity contribution < 1.29 is 13.2 Å². The lowest BCUT2D eigenvalue weighted by atomic mass is 10.2. The van der Waals surface area contributed by atoms with Crippen molar-refractivity contribution in [1.29, 1.82) is 0 Å². The fraction of sp³-hybridized carbons (Fsp3) is 0.611. The summed E-state index contributed by atoms with van der Waals surface area (Å²) >= 11 is 2.83. The molecule has 28 heavy (non-hydrogen) atoms. The molecule has 2 aliphatic rings. The Morgan fingerprint density at radius 2 is 2.18 bits per heavy atom. The maximum atomic E-state index is 12.8. The Morgan fingerprint density at radius 3 is 2.86 bits per heavy atom. The van der Waals surface area contributed by atoms with Gasteiger partial charge in [-0.1, -0.05) is 11.8 Å². The molecule has 1 saturated heterocycles. The predicted molar refractivity (Wildman–Crippen MR) is 112 cm³/mol. The van der Waals surface area contributed by atoms with Gasteiger partial charge in [-0.3, -0.25) is 14.2 Å². The van der Waals surface area contributed by atoms with Crippen LogP contribution in [0.1, 0.15) is 30.2 Å². The maximum absolute atomic E-state index is 12.8. The van der Waals surface area contributed by atoms with Gasteiger partial charge in [0.15, 0.2) is 15.0 Å². The normalized spacial score (nSPS) is 20.6. The number of nitrogens with zero attached hydrogens (tertiary/aromatic N) is 3. The molecule has 1 fully saturated rings. The summed E-state index contributed by atoms with van der Waals surface area (Å²) in [5.74, 6) is 0.212. The first-order valence-electron chi connectivity index (χ1n) is 9.44. The molecule has 0 saturated carbocycles. The molecule has 7 nitrogen and oxygen atoms in total. The molecule has 0 aromatic carbocycles. The van der Waals surface area contributed by atoms with Gasteiger partial charge in [-0.25, -0.2) is 13.4 Å². The highest BCUT2D eigenvalue weighted by molar-refractivity contribution is 7.99. The summed E-state index contributed by atoms with van der Waals surface area (Å²) in [6.07, 6.45) is 3.54. The van der Waals surface area contributed by atoms with Gasteiger partial charge in [-0.15, -0.1) is 11.3 Å². The van der Waals surface area contributed by atoms with Crippen LogP contribution in [0.2, 0.25) is 0 Å². The molecule has 0 radical (unpaired) electrons. The zero-order valence-electron chi connectivity index (χ0n) is 15.9. The number of carbonyl (C=O) groups excluding carboxylic acids is 1. The lowest BCUT2D eigenvalue weighted by Gasteiger charge is -2.26. The minimum atomic E-state index is -3.04. The first kappa shape index (κ1) is 19.9. The van der Waals surface area contributed by atoms with E-state index < -0.39 is 9.84 Å². The van der Waals surface area contributed by atoms with Gasteiger partial charge >= 0.3 is 0 Å². The van der Waals surface area contributed by atoms with Crippen molar-refractivity contribution in [3.63, 3.8) is 0 Å². The van der Waals surface area contributed by atoms with Crippen molar-refractivity contribution in [2.75, 3.05) is 23.8 Å².